The summed E-state index contributed by atoms with van der Waals surface area (Å²) in [6.07, 6.45) is 0.322. The molecule has 1 aromatic rings. The summed E-state index contributed by atoms with van der Waals surface area (Å²) >= 11 is 1.03. The zero-order valence-corrected chi connectivity index (χ0v) is 10.8. The fourth-order valence-corrected chi connectivity index (χ4v) is 2.21. The lowest BCUT2D eigenvalue weighted by Gasteiger charge is -2.15. The molecular weight excluding hydrogens is 242 g/mol. The van der Waals surface area contributed by atoms with Crippen LogP contribution in [0.25, 0.3) is 0 Å². The van der Waals surface area contributed by atoms with Gasteiger partial charge in [-0.15, -0.1) is 0 Å². The first-order valence-corrected chi connectivity index (χ1v) is 5.87. The van der Waals surface area contributed by atoms with Gasteiger partial charge in [-0.05, 0) is 25.5 Å². The summed E-state index contributed by atoms with van der Waals surface area (Å²) in [6, 6.07) is 0. The first-order valence-electron chi connectivity index (χ1n) is 5.09. The molecule has 1 rings (SSSR count). The minimum absolute atomic E-state index is 0.107. The number of aromatic carboxylic acids is 1. The summed E-state index contributed by atoms with van der Waals surface area (Å²) in [6.45, 7) is 2.18. The summed E-state index contributed by atoms with van der Waals surface area (Å²) in [4.78, 5) is 24.2. The zero-order chi connectivity index (χ0) is 13.0. The monoisotopic (exact) mass is 257 g/mol. The molecule has 94 valence electrons. The van der Waals surface area contributed by atoms with Crippen molar-refractivity contribution in [1.82, 2.24) is 9.69 Å². The van der Waals surface area contributed by atoms with Crippen molar-refractivity contribution in [3.8, 4) is 0 Å². The Hall–Kier alpha value is -1.47. The first kappa shape index (κ1) is 13.6. The highest BCUT2D eigenvalue weighted by Gasteiger charge is 2.23. The average Bonchev–Trinajstić information content (AvgIpc) is 2.66. The molecule has 0 fully saturated rings. The number of carboxylic acid groups (broad SMARTS) is 1. The molecule has 17 heavy (non-hydrogen) atoms. The molecule has 1 amide bonds. The van der Waals surface area contributed by atoms with Crippen LogP contribution < -0.4 is 10.2 Å². The number of nitrogens with one attached hydrogen (secondary N) is 1. The van der Waals surface area contributed by atoms with Crippen molar-refractivity contribution in [3.63, 3.8) is 0 Å². The van der Waals surface area contributed by atoms with Crippen LogP contribution in [0.4, 0.5) is 5.00 Å². The molecule has 2 N–H and O–H groups in total. The summed E-state index contributed by atoms with van der Waals surface area (Å²) in [7, 11) is 3.32. The van der Waals surface area contributed by atoms with Crippen molar-refractivity contribution < 1.29 is 14.7 Å². The predicted molar refractivity (Wildman–Crippen MR) is 65.8 cm³/mol. The van der Waals surface area contributed by atoms with Gasteiger partial charge in [-0.25, -0.2) is 4.79 Å². The van der Waals surface area contributed by atoms with Crippen molar-refractivity contribution in [2.45, 2.75) is 13.3 Å². The van der Waals surface area contributed by atoms with Crippen LogP contribution in [0.3, 0.4) is 0 Å². The molecule has 0 aromatic carbocycles. The predicted octanol–water partition coefficient (Wildman–Crippen LogP) is 0.722. The summed E-state index contributed by atoms with van der Waals surface area (Å²) in [5.41, 5.74) is 0.543. The lowest BCUT2D eigenvalue weighted by molar-refractivity contribution is -0.118. The van der Waals surface area contributed by atoms with Gasteiger partial charge in [0.05, 0.1) is 5.69 Å². The maximum absolute atomic E-state index is 11.8. The van der Waals surface area contributed by atoms with Gasteiger partial charge in [-0.2, -0.15) is 4.37 Å². The van der Waals surface area contributed by atoms with Crippen molar-refractivity contribution in [2.75, 3.05) is 25.5 Å². The molecule has 0 atom stereocenters. The second-order valence-corrected chi connectivity index (χ2v) is 4.31. The lowest BCUT2D eigenvalue weighted by atomic mass is 10.2. The van der Waals surface area contributed by atoms with Crippen LogP contribution in [0.1, 0.15) is 22.5 Å². The SMILES string of the molecule is CNCCC(=O)N(C)c1snc(C)c1C(=O)O. The largest absolute Gasteiger partial charge is 0.478 e. The lowest BCUT2D eigenvalue weighted by Crippen LogP contribution is -2.29. The van der Waals surface area contributed by atoms with E-state index in [0.29, 0.717) is 23.7 Å². The molecule has 0 saturated heterocycles. The van der Waals surface area contributed by atoms with Gasteiger partial charge in [0.25, 0.3) is 0 Å². The van der Waals surface area contributed by atoms with Gasteiger partial charge in [0.2, 0.25) is 5.91 Å². The van der Waals surface area contributed by atoms with Crippen molar-refractivity contribution in [3.05, 3.63) is 11.3 Å². The molecule has 0 bridgehead atoms. The molecule has 0 aliphatic heterocycles. The molecule has 0 saturated carbocycles. The number of aromatic nitrogens is 1. The van der Waals surface area contributed by atoms with Crippen molar-refractivity contribution >= 4 is 28.4 Å². The summed E-state index contributed by atoms with van der Waals surface area (Å²) in [5, 5.41) is 12.3. The van der Waals surface area contributed by atoms with Gasteiger partial charge in [-0.1, -0.05) is 0 Å². The topological polar surface area (TPSA) is 82.5 Å². The average molecular weight is 257 g/mol. The van der Waals surface area contributed by atoms with Gasteiger partial charge < -0.3 is 15.3 Å². The van der Waals surface area contributed by atoms with E-state index in [4.69, 9.17) is 5.11 Å². The molecule has 0 spiro atoms. The Balaban J connectivity index is 2.92. The fraction of sp³-hybridized carbons (Fsp3) is 0.500. The Bertz CT molecular complexity index is 430. The fourth-order valence-electron chi connectivity index (χ4n) is 1.35. The Kier molecular flexibility index (Phi) is 4.59. The second kappa shape index (κ2) is 5.74. The number of carbonyl (C=O) groups is 2. The van der Waals surface area contributed by atoms with Gasteiger partial charge in [0.1, 0.15) is 10.6 Å². The zero-order valence-electron chi connectivity index (χ0n) is 9.98. The highest BCUT2D eigenvalue weighted by Crippen LogP contribution is 2.28. The Morgan fingerprint density at radius 3 is 2.71 bits per heavy atom. The highest BCUT2D eigenvalue weighted by atomic mass is 32.1. The van der Waals surface area contributed by atoms with E-state index in [0.717, 1.165) is 11.5 Å². The number of carboxylic acids is 1. The molecule has 1 aromatic heterocycles. The van der Waals surface area contributed by atoms with Gasteiger partial charge >= 0.3 is 5.97 Å². The van der Waals surface area contributed by atoms with E-state index in [2.05, 4.69) is 9.69 Å². The second-order valence-electron chi connectivity index (χ2n) is 3.56. The normalized spacial score (nSPS) is 10.3. The van der Waals surface area contributed by atoms with Crippen LogP contribution in [0.2, 0.25) is 0 Å². The Morgan fingerprint density at radius 1 is 1.53 bits per heavy atom. The molecule has 0 radical (unpaired) electrons. The Labute approximate surface area is 103 Å². The highest BCUT2D eigenvalue weighted by molar-refractivity contribution is 7.11. The third-order valence-electron chi connectivity index (χ3n) is 2.33. The summed E-state index contributed by atoms with van der Waals surface area (Å²) < 4.78 is 3.97. The van der Waals surface area contributed by atoms with Crippen LogP contribution >= 0.6 is 11.5 Å². The summed E-state index contributed by atoms with van der Waals surface area (Å²) in [5.74, 6) is -1.19. The number of rotatable bonds is 5. The number of aryl methyl sites for hydroxylation is 1. The van der Waals surface area contributed by atoms with Crippen molar-refractivity contribution in [1.29, 1.82) is 0 Å². The molecule has 1 heterocycles. The number of hydrogen-bond acceptors (Lipinski definition) is 5. The van der Waals surface area contributed by atoms with E-state index >= 15 is 0 Å². The van der Waals surface area contributed by atoms with Crippen molar-refractivity contribution in [2.24, 2.45) is 0 Å². The number of hydrogen-bond donors (Lipinski definition) is 2. The van der Waals surface area contributed by atoms with Gasteiger partial charge in [-0.3, -0.25) is 4.79 Å². The number of anilines is 1. The maximum Gasteiger partial charge on any atom is 0.340 e. The third-order valence-corrected chi connectivity index (χ3v) is 3.34. The number of carbonyl (C=O) groups excluding carboxylic acids is 1. The van der Waals surface area contributed by atoms with Crippen LogP contribution in [0, 0.1) is 6.92 Å². The third kappa shape index (κ3) is 3.01. The minimum Gasteiger partial charge on any atom is -0.478 e. The van der Waals surface area contributed by atoms with Crippen LogP contribution in [0.15, 0.2) is 0 Å². The van der Waals surface area contributed by atoms with Gasteiger partial charge in [0, 0.05) is 20.0 Å². The minimum atomic E-state index is -1.06. The quantitative estimate of drug-likeness (QED) is 0.812. The smallest absolute Gasteiger partial charge is 0.340 e. The molecule has 0 aliphatic rings. The van der Waals surface area contributed by atoms with E-state index < -0.39 is 5.97 Å². The van der Waals surface area contributed by atoms with E-state index in [9.17, 15) is 9.59 Å². The molecule has 0 aliphatic carbocycles. The van der Waals surface area contributed by atoms with E-state index in [1.165, 1.54) is 4.90 Å². The number of amides is 1. The van der Waals surface area contributed by atoms with Crippen LogP contribution in [-0.2, 0) is 4.79 Å². The van der Waals surface area contributed by atoms with E-state index in [-0.39, 0.29) is 11.5 Å². The molecule has 6 nitrogen and oxygen atoms in total. The first-order chi connectivity index (χ1) is 7.99. The maximum atomic E-state index is 11.8. The van der Waals surface area contributed by atoms with Crippen LogP contribution in [-0.4, -0.2) is 42.0 Å². The molecule has 0 unspecified atom stereocenters. The van der Waals surface area contributed by atoms with Gasteiger partial charge in [0.15, 0.2) is 0 Å². The van der Waals surface area contributed by atoms with Crippen LogP contribution in [0.5, 0.6) is 0 Å². The standard InChI is InChI=1S/C10H15N3O3S/c1-6-8(10(15)16)9(17-12-6)13(3)7(14)4-5-11-2/h11H,4-5H2,1-3H3,(H,15,16). The molecular formula is C10H15N3O3S. The van der Waals surface area contributed by atoms with E-state index in [1.807, 2.05) is 0 Å². The van der Waals surface area contributed by atoms with E-state index in [1.54, 1.807) is 21.0 Å². The Morgan fingerprint density at radius 2 is 2.18 bits per heavy atom. The number of nitrogens with zero attached hydrogens (tertiary/aromatic N) is 2. The molecule has 7 heteroatoms.